The summed E-state index contributed by atoms with van der Waals surface area (Å²) in [4.78, 5) is 21.9. The molecule has 1 aromatic carbocycles. The molecule has 0 aliphatic carbocycles. The van der Waals surface area contributed by atoms with Gasteiger partial charge in [-0.1, -0.05) is 18.2 Å². The first-order chi connectivity index (χ1) is 9.56. The van der Waals surface area contributed by atoms with E-state index < -0.39 is 4.92 Å². The van der Waals surface area contributed by atoms with Crippen molar-refractivity contribution >= 4 is 17.3 Å². The first-order valence-corrected chi connectivity index (χ1v) is 6.09. The molecule has 2 aromatic rings. The Hall–Kier alpha value is -2.70. The van der Waals surface area contributed by atoms with E-state index in [2.05, 4.69) is 10.4 Å². The summed E-state index contributed by atoms with van der Waals surface area (Å²) < 4.78 is 1.41. The summed E-state index contributed by atoms with van der Waals surface area (Å²) in [6.07, 6.45) is 1.54. The molecule has 7 nitrogen and oxygen atoms in total. The normalized spacial score (nSPS) is 10.2. The van der Waals surface area contributed by atoms with Gasteiger partial charge in [0.25, 0.3) is 0 Å². The van der Waals surface area contributed by atoms with Crippen LogP contribution in [0.1, 0.15) is 12.1 Å². The highest BCUT2D eigenvalue weighted by atomic mass is 16.6. The van der Waals surface area contributed by atoms with E-state index in [1.165, 1.54) is 10.9 Å². The molecule has 1 aromatic heterocycles. The summed E-state index contributed by atoms with van der Waals surface area (Å²) in [7, 11) is 0. The molecule has 1 N–H and O–H groups in total. The molecule has 0 saturated carbocycles. The van der Waals surface area contributed by atoms with Gasteiger partial charge in [-0.15, -0.1) is 0 Å². The van der Waals surface area contributed by atoms with E-state index in [1.807, 2.05) is 18.2 Å². The maximum Gasteiger partial charge on any atom is 0.309 e. The first-order valence-electron chi connectivity index (χ1n) is 6.09. The van der Waals surface area contributed by atoms with E-state index in [-0.39, 0.29) is 18.0 Å². The van der Waals surface area contributed by atoms with E-state index in [0.29, 0.717) is 12.2 Å². The topological polar surface area (TPSA) is 90.1 Å². The average molecular weight is 274 g/mol. The number of aromatic nitrogens is 2. The number of carbonyl (C=O) groups excluding carboxylic acids is 1. The molecule has 0 saturated heterocycles. The maximum absolute atomic E-state index is 11.7. The van der Waals surface area contributed by atoms with Gasteiger partial charge in [-0.2, -0.15) is 5.10 Å². The van der Waals surface area contributed by atoms with Crippen molar-refractivity contribution in [2.24, 2.45) is 0 Å². The number of anilines is 1. The van der Waals surface area contributed by atoms with E-state index >= 15 is 0 Å². The molecule has 2 rings (SSSR count). The lowest BCUT2D eigenvalue weighted by Gasteiger charge is -2.04. The number of rotatable bonds is 5. The Kier molecular flexibility index (Phi) is 4.09. The van der Waals surface area contributed by atoms with Crippen LogP contribution in [-0.2, 0) is 11.3 Å². The van der Waals surface area contributed by atoms with Gasteiger partial charge in [0.2, 0.25) is 5.91 Å². The van der Waals surface area contributed by atoms with Crippen LogP contribution in [0.15, 0.2) is 36.5 Å². The van der Waals surface area contributed by atoms with Gasteiger partial charge in [0.1, 0.15) is 11.9 Å². The summed E-state index contributed by atoms with van der Waals surface area (Å²) in [5.41, 5.74) is 1.03. The average Bonchev–Trinajstić information content (AvgIpc) is 2.79. The molecule has 0 atom stereocenters. The zero-order valence-electron chi connectivity index (χ0n) is 10.9. The van der Waals surface area contributed by atoms with Gasteiger partial charge in [0, 0.05) is 18.7 Å². The molecule has 0 bridgehead atoms. The fraction of sp³-hybridized carbons (Fsp3) is 0.231. The molecule has 0 aliphatic rings. The minimum Gasteiger partial charge on any atom is -0.326 e. The van der Waals surface area contributed by atoms with Gasteiger partial charge in [-0.25, -0.2) is 0 Å². The Morgan fingerprint density at radius 1 is 1.40 bits per heavy atom. The monoisotopic (exact) mass is 274 g/mol. The fourth-order valence-corrected chi connectivity index (χ4v) is 1.76. The highest BCUT2D eigenvalue weighted by Crippen LogP contribution is 2.15. The zero-order chi connectivity index (χ0) is 14.5. The Labute approximate surface area is 115 Å². The Balaban J connectivity index is 1.90. The molecule has 0 unspecified atom stereocenters. The van der Waals surface area contributed by atoms with Crippen LogP contribution in [0.5, 0.6) is 0 Å². The van der Waals surface area contributed by atoms with Crippen LogP contribution in [-0.4, -0.2) is 20.6 Å². The second-order valence-electron chi connectivity index (χ2n) is 4.28. The molecule has 1 amide bonds. The van der Waals surface area contributed by atoms with Crippen molar-refractivity contribution in [3.8, 4) is 0 Å². The van der Waals surface area contributed by atoms with Gasteiger partial charge in [0.15, 0.2) is 0 Å². The molecule has 0 spiro atoms. The summed E-state index contributed by atoms with van der Waals surface area (Å²) in [5, 5.41) is 17.4. The summed E-state index contributed by atoms with van der Waals surface area (Å²) >= 11 is 0. The van der Waals surface area contributed by atoms with E-state index in [9.17, 15) is 14.9 Å². The lowest BCUT2D eigenvalue weighted by molar-refractivity contribution is -0.385. The fourth-order valence-electron chi connectivity index (χ4n) is 1.76. The molecule has 1 heterocycles. The lowest BCUT2D eigenvalue weighted by atomic mass is 10.3. The third kappa shape index (κ3) is 3.41. The minimum absolute atomic E-state index is 0.0338. The molecular formula is C13H14N4O3. The van der Waals surface area contributed by atoms with Crippen molar-refractivity contribution in [1.29, 1.82) is 0 Å². The number of benzene rings is 1. The molecule has 104 valence electrons. The van der Waals surface area contributed by atoms with Crippen molar-refractivity contribution in [2.75, 3.05) is 5.32 Å². The number of carbonyl (C=O) groups is 1. The molecular weight excluding hydrogens is 260 g/mol. The zero-order valence-corrected chi connectivity index (χ0v) is 10.9. The number of nitrogens with zero attached hydrogens (tertiary/aromatic N) is 3. The number of nitrogens with one attached hydrogen (secondary N) is 1. The smallest absolute Gasteiger partial charge is 0.309 e. The number of nitro groups is 1. The van der Waals surface area contributed by atoms with Gasteiger partial charge in [-0.05, 0) is 19.1 Å². The molecule has 7 heteroatoms. The Morgan fingerprint density at radius 3 is 2.70 bits per heavy atom. The summed E-state index contributed by atoms with van der Waals surface area (Å²) in [6.45, 7) is 1.87. The number of hydrogen-bond donors (Lipinski definition) is 1. The van der Waals surface area contributed by atoms with Crippen LogP contribution in [0.25, 0.3) is 0 Å². The van der Waals surface area contributed by atoms with Gasteiger partial charge in [0.05, 0.1) is 4.92 Å². The molecule has 20 heavy (non-hydrogen) atoms. The van der Waals surface area contributed by atoms with E-state index in [1.54, 1.807) is 19.1 Å². The number of hydrogen-bond acceptors (Lipinski definition) is 4. The van der Waals surface area contributed by atoms with Crippen molar-refractivity contribution in [3.63, 3.8) is 0 Å². The van der Waals surface area contributed by atoms with Crippen molar-refractivity contribution in [1.82, 2.24) is 9.78 Å². The third-order valence-electron chi connectivity index (χ3n) is 2.74. The highest BCUT2D eigenvalue weighted by Gasteiger charge is 2.15. The highest BCUT2D eigenvalue weighted by molar-refractivity contribution is 5.90. The van der Waals surface area contributed by atoms with Gasteiger partial charge in [-0.3, -0.25) is 19.6 Å². The summed E-state index contributed by atoms with van der Waals surface area (Å²) in [6, 6.07) is 9.11. The lowest BCUT2D eigenvalue weighted by Crippen LogP contribution is -2.14. The van der Waals surface area contributed by atoms with Crippen molar-refractivity contribution in [3.05, 3.63) is 52.3 Å². The predicted molar refractivity (Wildman–Crippen MR) is 73.3 cm³/mol. The first kappa shape index (κ1) is 13.7. The quantitative estimate of drug-likeness (QED) is 0.668. The number of amides is 1. The number of para-hydroxylation sites is 1. The van der Waals surface area contributed by atoms with Crippen LogP contribution in [0.3, 0.4) is 0 Å². The van der Waals surface area contributed by atoms with Crippen LogP contribution in [0, 0.1) is 17.0 Å². The third-order valence-corrected chi connectivity index (χ3v) is 2.74. The van der Waals surface area contributed by atoms with Gasteiger partial charge >= 0.3 is 5.69 Å². The van der Waals surface area contributed by atoms with Crippen LogP contribution in [0.2, 0.25) is 0 Å². The molecule has 0 radical (unpaired) electrons. The van der Waals surface area contributed by atoms with E-state index in [0.717, 1.165) is 5.69 Å². The van der Waals surface area contributed by atoms with Crippen LogP contribution < -0.4 is 5.32 Å². The largest absolute Gasteiger partial charge is 0.326 e. The van der Waals surface area contributed by atoms with E-state index in [4.69, 9.17) is 0 Å². The SMILES string of the molecule is Cc1nn(CCC(=O)Nc2ccccc2)cc1[N+](=O)[O-]. The minimum atomic E-state index is -0.483. The summed E-state index contributed by atoms with van der Waals surface area (Å²) in [5.74, 6) is -0.160. The maximum atomic E-state index is 11.7. The second kappa shape index (κ2) is 5.96. The van der Waals surface area contributed by atoms with Crippen molar-refractivity contribution < 1.29 is 9.72 Å². The van der Waals surface area contributed by atoms with Gasteiger partial charge < -0.3 is 5.32 Å². The Morgan fingerprint density at radius 2 is 2.10 bits per heavy atom. The van der Waals surface area contributed by atoms with Crippen LogP contribution >= 0.6 is 0 Å². The standard InChI is InChI=1S/C13H14N4O3/c1-10-12(17(19)20)9-16(15-10)8-7-13(18)14-11-5-3-2-4-6-11/h2-6,9H,7-8H2,1H3,(H,14,18). The second-order valence-corrected chi connectivity index (χ2v) is 4.28. The molecule has 0 fully saturated rings. The predicted octanol–water partition coefficient (Wildman–Crippen LogP) is 2.13. The van der Waals surface area contributed by atoms with Crippen molar-refractivity contribution in [2.45, 2.75) is 19.9 Å². The molecule has 0 aliphatic heterocycles. The van der Waals surface area contributed by atoms with Crippen LogP contribution in [0.4, 0.5) is 11.4 Å². The number of aryl methyl sites for hydroxylation is 2. The Bertz CT molecular complexity index is 622.